The predicted molar refractivity (Wildman–Crippen MR) is 69.4 cm³/mol. The first-order chi connectivity index (χ1) is 9.03. The number of likely N-dealkylation sites (N-methyl/N-ethyl adjacent to an activating group) is 1. The third kappa shape index (κ3) is 3.13. The zero-order valence-electron chi connectivity index (χ0n) is 11.2. The largest absolute Gasteiger partial charge is 0.483 e. The van der Waals surface area contributed by atoms with Crippen molar-refractivity contribution in [2.24, 2.45) is 0 Å². The maximum atomic E-state index is 12.3. The van der Waals surface area contributed by atoms with E-state index in [9.17, 15) is 9.59 Å². The van der Waals surface area contributed by atoms with Crippen LogP contribution in [0, 0.1) is 0 Å². The second-order valence-electron chi connectivity index (χ2n) is 4.74. The standard InChI is InChI=1S/C12H18N2O2.CH2O2/c1-3-10(15)13(2)12(6-7-12)11(16)14-8-4-5-9-14;2-1-3/h3H,1,4-9H2,2H3;1H,(H,2,3). The average Bonchev–Trinajstić information content (AvgIpc) is 3.04. The van der Waals surface area contributed by atoms with Gasteiger partial charge in [-0.2, -0.15) is 0 Å². The highest BCUT2D eigenvalue weighted by Gasteiger charge is 2.56. The molecule has 6 nitrogen and oxygen atoms in total. The smallest absolute Gasteiger partial charge is 0.290 e. The Balaban J connectivity index is 0.000000550. The summed E-state index contributed by atoms with van der Waals surface area (Å²) in [5.41, 5.74) is -0.546. The van der Waals surface area contributed by atoms with Crippen molar-refractivity contribution in [3.05, 3.63) is 12.7 Å². The molecule has 2 amide bonds. The molecule has 1 saturated heterocycles. The number of hydrogen-bond acceptors (Lipinski definition) is 3. The van der Waals surface area contributed by atoms with Crippen LogP contribution in [0.5, 0.6) is 0 Å². The van der Waals surface area contributed by atoms with Crippen LogP contribution in [0.3, 0.4) is 0 Å². The third-order valence-electron chi connectivity index (χ3n) is 3.66. The quantitative estimate of drug-likeness (QED) is 0.597. The van der Waals surface area contributed by atoms with Crippen LogP contribution < -0.4 is 0 Å². The number of carbonyl (C=O) groups is 3. The number of likely N-dealkylation sites (tertiary alicyclic amines) is 1. The van der Waals surface area contributed by atoms with Crippen LogP contribution in [0.15, 0.2) is 12.7 Å². The summed E-state index contributed by atoms with van der Waals surface area (Å²) in [7, 11) is 1.70. The summed E-state index contributed by atoms with van der Waals surface area (Å²) in [5, 5.41) is 6.89. The van der Waals surface area contributed by atoms with Crippen molar-refractivity contribution in [3.8, 4) is 0 Å². The van der Waals surface area contributed by atoms with Crippen molar-refractivity contribution in [1.29, 1.82) is 0 Å². The first-order valence-corrected chi connectivity index (χ1v) is 6.31. The molecule has 0 aromatic heterocycles. The lowest BCUT2D eigenvalue weighted by Crippen LogP contribution is -2.50. The Labute approximate surface area is 112 Å². The number of carboxylic acid groups (broad SMARTS) is 1. The van der Waals surface area contributed by atoms with Crippen molar-refractivity contribution in [3.63, 3.8) is 0 Å². The predicted octanol–water partition coefficient (Wildman–Crippen LogP) is 0.487. The maximum Gasteiger partial charge on any atom is 0.290 e. The van der Waals surface area contributed by atoms with Gasteiger partial charge in [0.1, 0.15) is 5.54 Å². The van der Waals surface area contributed by atoms with Gasteiger partial charge in [0.05, 0.1) is 0 Å². The van der Waals surface area contributed by atoms with Crippen LogP contribution in [0.1, 0.15) is 25.7 Å². The number of carbonyl (C=O) groups excluding carboxylic acids is 2. The van der Waals surface area contributed by atoms with Crippen LogP contribution >= 0.6 is 0 Å². The van der Waals surface area contributed by atoms with E-state index in [1.54, 1.807) is 11.9 Å². The minimum Gasteiger partial charge on any atom is -0.483 e. The summed E-state index contributed by atoms with van der Waals surface area (Å²) in [6, 6.07) is 0. The van der Waals surface area contributed by atoms with E-state index in [-0.39, 0.29) is 18.3 Å². The van der Waals surface area contributed by atoms with Gasteiger partial charge in [-0.15, -0.1) is 0 Å². The second kappa shape index (κ2) is 6.36. The zero-order valence-corrected chi connectivity index (χ0v) is 11.2. The highest BCUT2D eigenvalue weighted by atomic mass is 16.3. The van der Waals surface area contributed by atoms with E-state index in [1.165, 1.54) is 6.08 Å². The molecule has 2 rings (SSSR count). The molecule has 0 atom stereocenters. The molecule has 2 aliphatic rings. The van der Waals surface area contributed by atoms with Gasteiger partial charge in [0.2, 0.25) is 11.8 Å². The Hall–Kier alpha value is -1.85. The maximum absolute atomic E-state index is 12.3. The molecular weight excluding hydrogens is 248 g/mol. The fourth-order valence-corrected chi connectivity index (χ4v) is 2.37. The van der Waals surface area contributed by atoms with Gasteiger partial charge in [0.25, 0.3) is 6.47 Å². The fraction of sp³-hybridized carbons (Fsp3) is 0.615. The molecule has 1 aliphatic carbocycles. The normalized spacial score (nSPS) is 18.9. The molecule has 2 fully saturated rings. The van der Waals surface area contributed by atoms with Crippen LogP contribution in [-0.4, -0.2) is 58.9 Å². The number of nitrogens with zero attached hydrogens (tertiary/aromatic N) is 2. The van der Waals surface area contributed by atoms with E-state index in [0.717, 1.165) is 38.8 Å². The van der Waals surface area contributed by atoms with E-state index in [1.807, 2.05) is 4.90 Å². The molecule has 0 bridgehead atoms. The Bertz CT molecular complexity index is 371. The lowest BCUT2D eigenvalue weighted by atomic mass is 10.2. The monoisotopic (exact) mass is 268 g/mol. The van der Waals surface area contributed by atoms with Gasteiger partial charge in [-0.1, -0.05) is 6.58 Å². The van der Waals surface area contributed by atoms with Crippen LogP contribution in [0.2, 0.25) is 0 Å². The molecule has 19 heavy (non-hydrogen) atoms. The number of amides is 2. The van der Waals surface area contributed by atoms with Crippen molar-refractivity contribution in [2.75, 3.05) is 20.1 Å². The van der Waals surface area contributed by atoms with Crippen LogP contribution in [-0.2, 0) is 14.4 Å². The van der Waals surface area contributed by atoms with Gasteiger partial charge in [0.15, 0.2) is 0 Å². The molecule has 1 aliphatic heterocycles. The Morgan fingerprint density at radius 1 is 1.32 bits per heavy atom. The average molecular weight is 268 g/mol. The molecule has 0 aromatic rings. The van der Waals surface area contributed by atoms with Crippen molar-refractivity contribution in [1.82, 2.24) is 9.80 Å². The van der Waals surface area contributed by atoms with Crippen LogP contribution in [0.25, 0.3) is 0 Å². The Morgan fingerprint density at radius 2 is 1.79 bits per heavy atom. The van der Waals surface area contributed by atoms with E-state index in [2.05, 4.69) is 6.58 Å². The van der Waals surface area contributed by atoms with E-state index in [4.69, 9.17) is 9.90 Å². The van der Waals surface area contributed by atoms with Gasteiger partial charge in [-0.3, -0.25) is 14.4 Å². The zero-order chi connectivity index (χ0) is 14.5. The first-order valence-electron chi connectivity index (χ1n) is 6.31. The number of hydrogen-bond donors (Lipinski definition) is 1. The highest BCUT2D eigenvalue weighted by Crippen LogP contribution is 2.43. The van der Waals surface area contributed by atoms with Gasteiger partial charge in [0, 0.05) is 20.1 Å². The van der Waals surface area contributed by atoms with E-state index >= 15 is 0 Å². The third-order valence-corrected chi connectivity index (χ3v) is 3.66. The summed E-state index contributed by atoms with van der Waals surface area (Å²) >= 11 is 0. The number of rotatable bonds is 3. The molecule has 6 heteroatoms. The van der Waals surface area contributed by atoms with E-state index in [0.29, 0.717) is 0 Å². The molecule has 1 N–H and O–H groups in total. The highest BCUT2D eigenvalue weighted by molar-refractivity contribution is 5.97. The lowest BCUT2D eigenvalue weighted by molar-refractivity contribution is -0.143. The van der Waals surface area contributed by atoms with Gasteiger partial charge < -0.3 is 14.9 Å². The summed E-state index contributed by atoms with van der Waals surface area (Å²) < 4.78 is 0. The lowest BCUT2D eigenvalue weighted by Gasteiger charge is -2.30. The first kappa shape index (κ1) is 15.2. The molecule has 1 heterocycles. The van der Waals surface area contributed by atoms with E-state index < -0.39 is 5.54 Å². The molecule has 0 aromatic carbocycles. The van der Waals surface area contributed by atoms with Crippen molar-refractivity contribution in [2.45, 2.75) is 31.2 Å². The molecule has 0 spiro atoms. The molecular formula is C13H20N2O4. The van der Waals surface area contributed by atoms with Crippen molar-refractivity contribution < 1.29 is 19.5 Å². The summed E-state index contributed by atoms with van der Waals surface area (Å²) in [6.07, 6.45) is 5.02. The fourth-order valence-electron chi connectivity index (χ4n) is 2.37. The summed E-state index contributed by atoms with van der Waals surface area (Å²) in [6.45, 7) is 4.90. The second-order valence-corrected chi connectivity index (χ2v) is 4.74. The van der Waals surface area contributed by atoms with Crippen LogP contribution in [0.4, 0.5) is 0 Å². The van der Waals surface area contributed by atoms with Gasteiger partial charge in [-0.05, 0) is 31.8 Å². The van der Waals surface area contributed by atoms with Crippen molar-refractivity contribution >= 4 is 18.3 Å². The molecule has 106 valence electrons. The minimum atomic E-state index is -0.546. The molecule has 0 unspecified atom stereocenters. The summed E-state index contributed by atoms with van der Waals surface area (Å²) in [5.74, 6) is -0.0345. The Morgan fingerprint density at radius 3 is 2.16 bits per heavy atom. The van der Waals surface area contributed by atoms with Gasteiger partial charge in [-0.25, -0.2) is 0 Å². The topological polar surface area (TPSA) is 77.9 Å². The SMILES string of the molecule is C=CC(=O)N(C)C1(C(=O)N2CCCC2)CC1.O=CO. The molecule has 0 radical (unpaired) electrons. The van der Waals surface area contributed by atoms with Gasteiger partial charge >= 0.3 is 0 Å². The molecule has 1 saturated carbocycles. The minimum absolute atomic E-state index is 0.128. The summed E-state index contributed by atoms with van der Waals surface area (Å²) in [4.78, 5) is 35.7. The Kier molecular flexibility index (Phi) is 5.09.